The number of aromatic amines is 1. The number of carbonyl (C=O) groups is 1. The summed E-state index contributed by atoms with van der Waals surface area (Å²) in [4.78, 5) is 19.2. The molecule has 0 aliphatic carbocycles. The summed E-state index contributed by atoms with van der Waals surface area (Å²) >= 11 is 0. The third-order valence-corrected chi connectivity index (χ3v) is 4.87. The Labute approximate surface area is 149 Å². The van der Waals surface area contributed by atoms with Crippen LogP contribution >= 0.6 is 0 Å². The van der Waals surface area contributed by atoms with Crippen LogP contribution in [0, 0.1) is 20.8 Å². The lowest BCUT2D eigenvalue weighted by atomic mass is 10.0. The molecule has 0 saturated carbocycles. The van der Waals surface area contributed by atoms with Gasteiger partial charge in [-0.05, 0) is 57.7 Å². The molecule has 2 aromatic heterocycles. The zero-order chi connectivity index (χ0) is 17.8. The van der Waals surface area contributed by atoms with Crippen molar-refractivity contribution in [1.82, 2.24) is 20.5 Å². The van der Waals surface area contributed by atoms with Crippen molar-refractivity contribution >= 4 is 11.7 Å². The first-order chi connectivity index (χ1) is 12.0. The van der Waals surface area contributed by atoms with E-state index in [0.717, 1.165) is 60.8 Å². The van der Waals surface area contributed by atoms with Gasteiger partial charge >= 0.3 is 0 Å². The van der Waals surface area contributed by atoms with Crippen LogP contribution in [-0.4, -0.2) is 40.2 Å². The molecule has 1 fully saturated rings. The Morgan fingerprint density at radius 1 is 1.36 bits per heavy atom. The second kappa shape index (κ2) is 7.68. The number of nitrogens with one attached hydrogen (secondary N) is 2. The second-order valence-corrected chi connectivity index (χ2v) is 6.90. The minimum Gasteiger partial charge on any atom is -0.355 e. The van der Waals surface area contributed by atoms with Gasteiger partial charge in [-0.3, -0.25) is 9.89 Å². The van der Waals surface area contributed by atoms with Crippen LogP contribution in [0.5, 0.6) is 0 Å². The summed E-state index contributed by atoms with van der Waals surface area (Å²) in [5, 5.41) is 10.4. The van der Waals surface area contributed by atoms with Crippen LogP contribution in [0.2, 0.25) is 0 Å². The Morgan fingerprint density at radius 2 is 2.20 bits per heavy atom. The molecule has 0 aromatic carbocycles. The fourth-order valence-corrected chi connectivity index (χ4v) is 3.49. The van der Waals surface area contributed by atoms with Gasteiger partial charge in [0.15, 0.2) is 0 Å². The summed E-state index contributed by atoms with van der Waals surface area (Å²) in [6, 6.07) is 6.28. The van der Waals surface area contributed by atoms with Crippen LogP contribution in [0.3, 0.4) is 0 Å². The van der Waals surface area contributed by atoms with Gasteiger partial charge in [0.05, 0.1) is 5.69 Å². The highest BCUT2D eigenvalue weighted by atomic mass is 16.1. The molecule has 2 aromatic rings. The number of nitrogens with zero attached hydrogens (tertiary/aromatic N) is 3. The number of aromatic nitrogens is 3. The average Bonchev–Trinajstić information content (AvgIpc) is 2.91. The van der Waals surface area contributed by atoms with Crippen LogP contribution in [0.1, 0.15) is 41.9 Å². The van der Waals surface area contributed by atoms with Crippen molar-refractivity contribution in [2.75, 3.05) is 18.0 Å². The Bertz CT molecular complexity index is 720. The minimum absolute atomic E-state index is 0.115. The summed E-state index contributed by atoms with van der Waals surface area (Å²) in [5.74, 6) is 1.12. The van der Waals surface area contributed by atoms with E-state index in [1.165, 1.54) is 0 Å². The molecule has 134 valence electrons. The molecule has 1 aliphatic rings. The normalized spacial score (nSPS) is 17.6. The Morgan fingerprint density at radius 3 is 2.92 bits per heavy atom. The number of hydrogen-bond donors (Lipinski definition) is 2. The van der Waals surface area contributed by atoms with Crippen molar-refractivity contribution in [2.45, 2.75) is 52.5 Å². The van der Waals surface area contributed by atoms with Crippen LogP contribution in [0.15, 0.2) is 18.2 Å². The Balaban J connectivity index is 1.53. The van der Waals surface area contributed by atoms with Gasteiger partial charge in [0.25, 0.3) is 0 Å². The van der Waals surface area contributed by atoms with E-state index in [2.05, 4.69) is 25.4 Å². The van der Waals surface area contributed by atoms with E-state index in [1.807, 2.05) is 39.0 Å². The molecule has 6 heteroatoms. The van der Waals surface area contributed by atoms with E-state index in [9.17, 15) is 4.79 Å². The summed E-state index contributed by atoms with van der Waals surface area (Å²) in [7, 11) is 0. The monoisotopic (exact) mass is 341 g/mol. The maximum absolute atomic E-state index is 12.4. The predicted octanol–water partition coefficient (Wildman–Crippen LogP) is 2.45. The zero-order valence-corrected chi connectivity index (χ0v) is 15.3. The highest BCUT2D eigenvalue weighted by molar-refractivity contribution is 5.76. The molecule has 2 N–H and O–H groups in total. The standard InChI is InChI=1S/C19H27N5O/c1-13-6-4-8-18(20-13)24-11-5-7-16(12-24)21-19(25)10-9-17-14(2)22-23-15(17)3/h4,6,8,16H,5,7,9-12H2,1-3H3,(H,21,25)(H,22,23)/t16-/m1/s1. The molecule has 1 saturated heterocycles. The van der Waals surface area contributed by atoms with Gasteiger partial charge in [0.1, 0.15) is 5.82 Å². The molecule has 25 heavy (non-hydrogen) atoms. The molecule has 1 amide bonds. The van der Waals surface area contributed by atoms with Gasteiger partial charge in [-0.2, -0.15) is 5.10 Å². The first-order valence-corrected chi connectivity index (χ1v) is 9.01. The van der Waals surface area contributed by atoms with Gasteiger partial charge in [0, 0.05) is 36.9 Å². The number of aryl methyl sites for hydroxylation is 3. The van der Waals surface area contributed by atoms with E-state index in [4.69, 9.17) is 0 Å². The van der Waals surface area contributed by atoms with Gasteiger partial charge in [-0.15, -0.1) is 0 Å². The third-order valence-electron chi connectivity index (χ3n) is 4.87. The van der Waals surface area contributed by atoms with Crippen LogP contribution < -0.4 is 10.2 Å². The van der Waals surface area contributed by atoms with E-state index < -0.39 is 0 Å². The molecule has 1 atom stereocenters. The maximum atomic E-state index is 12.4. The number of amides is 1. The highest BCUT2D eigenvalue weighted by Gasteiger charge is 2.22. The lowest BCUT2D eigenvalue weighted by Crippen LogP contribution is -2.48. The smallest absolute Gasteiger partial charge is 0.220 e. The van der Waals surface area contributed by atoms with Gasteiger partial charge < -0.3 is 10.2 Å². The van der Waals surface area contributed by atoms with E-state index in [0.29, 0.717) is 6.42 Å². The summed E-state index contributed by atoms with van der Waals surface area (Å²) in [6.45, 7) is 7.81. The molecule has 0 unspecified atom stereocenters. The predicted molar refractivity (Wildman–Crippen MR) is 98.7 cm³/mol. The van der Waals surface area contributed by atoms with Crippen molar-refractivity contribution < 1.29 is 4.79 Å². The fraction of sp³-hybridized carbons (Fsp3) is 0.526. The molecule has 0 radical (unpaired) electrons. The highest BCUT2D eigenvalue weighted by Crippen LogP contribution is 2.18. The summed E-state index contributed by atoms with van der Waals surface area (Å²) in [6.07, 6.45) is 3.33. The van der Waals surface area contributed by atoms with Crippen LogP contribution in [0.25, 0.3) is 0 Å². The number of hydrogen-bond acceptors (Lipinski definition) is 4. The van der Waals surface area contributed by atoms with Gasteiger partial charge in [-0.1, -0.05) is 6.07 Å². The average molecular weight is 341 g/mol. The van der Waals surface area contributed by atoms with Crippen molar-refractivity contribution in [3.05, 3.63) is 40.8 Å². The Kier molecular flexibility index (Phi) is 5.36. The number of H-pyrrole nitrogens is 1. The summed E-state index contributed by atoms with van der Waals surface area (Å²) in [5.41, 5.74) is 4.22. The fourth-order valence-electron chi connectivity index (χ4n) is 3.49. The molecule has 6 nitrogen and oxygen atoms in total. The summed E-state index contributed by atoms with van der Waals surface area (Å²) < 4.78 is 0. The lowest BCUT2D eigenvalue weighted by Gasteiger charge is -2.34. The molecular formula is C19H27N5O. The van der Waals surface area contributed by atoms with Crippen molar-refractivity contribution in [2.24, 2.45) is 0 Å². The number of anilines is 1. The molecule has 3 rings (SSSR count). The SMILES string of the molecule is Cc1cccc(N2CCC[C@@H](NC(=O)CCc3c(C)n[nH]c3C)C2)n1. The van der Waals surface area contributed by atoms with Crippen molar-refractivity contribution in [3.8, 4) is 0 Å². The zero-order valence-electron chi connectivity index (χ0n) is 15.3. The number of piperidine rings is 1. The molecule has 0 spiro atoms. The van der Waals surface area contributed by atoms with Crippen LogP contribution in [0.4, 0.5) is 5.82 Å². The third kappa shape index (κ3) is 4.38. The molecular weight excluding hydrogens is 314 g/mol. The number of pyridine rings is 1. The van der Waals surface area contributed by atoms with Crippen molar-refractivity contribution in [1.29, 1.82) is 0 Å². The van der Waals surface area contributed by atoms with Crippen LogP contribution in [-0.2, 0) is 11.2 Å². The molecule has 1 aliphatic heterocycles. The first-order valence-electron chi connectivity index (χ1n) is 9.01. The largest absolute Gasteiger partial charge is 0.355 e. The number of carbonyl (C=O) groups excluding carboxylic acids is 1. The van der Waals surface area contributed by atoms with Crippen molar-refractivity contribution in [3.63, 3.8) is 0 Å². The van der Waals surface area contributed by atoms with E-state index in [1.54, 1.807) is 0 Å². The topological polar surface area (TPSA) is 73.9 Å². The lowest BCUT2D eigenvalue weighted by molar-refractivity contribution is -0.121. The second-order valence-electron chi connectivity index (χ2n) is 6.90. The molecule has 3 heterocycles. The van der Waals surface area contributed by atoms with E-state index in [-0.39, 0.29) is 11.9 Å². The minimum atomic E-state index is 0.115. The number of rotatable bonds is 5. The molecule has 0 bridgehead atoms. The first kappa shape index (κ1) is 17.5. The Hall–Kier alpha value is -2.37. The van der Waals surface area contributed by atoms with Gasteiger partial charge in [-0.25, -0.2) is 4.98 Å². The quantitative estimate of drug-likeness (QED) is 0.876. The van der Waals surface area contributed by atoms with Gasteiger partial charge in [0.2, 0.25) is 5.91 Å². The maximum Gasteiger partial charge on any atom is 0.220 e. The van der Waals surface area contributed by atoms with E-state index >= 15 is 0 Å².